The third-order valence-electron chi connectivity index (χ3n) is 4.52. The fourth-order valence-corrected chi connectivity index (χ4v) is 2.97. The average Bonchev–Trinajstić information content (AvgIpc) is 2.74. The van der Waals surface area contributed by atoms with Crippen molar-refractivity contribution < 1.29 is 4.79 Å². The second-order valence-corrected chi connectivity index (χ2v) is 6.50. The molecule has 136 valence electrons. The van der Waals surface area contributed by atoms with Gasteiger partial charge >= 0.3 is 0 Å². The largest absolute Gasteiger partial charge is 0.312 e. The Bertz CT molecular complexity index is 878. The van der Waals surface area contributed by atoms with Gasteiger partial charge in [0.05, 0.1) is 0 Å². The SMILES string of the molecule is CC=CCCNCc1ccc(-c2ccc(C(=O)c3ccccc3)cc2)cc1. The number of hydrogen-bond donors (Lipinski definition) is 1. The van der Waals surface area contributed by atoms with Crippen molar-refractivity contribution in [2.75, 3.05) is 6.54 Å². The van der Waals surface area contributed by atoms with Gasteiger partial charge in [-0.1, -0.05) is 91.0 Å². The number of nitrogens with one attached hydrogen (secondary N) is 1. The van der Waals surface area contributed by atoms with Gasteiger partial charge in [0.1, 0.15) is 0 Å². The van der Waals surface area contributed by atoms with E-state index >= 15 is 0 Å². The van der Waals surface area contributed by atoms with Crippen molar-refractivity contribution in [1.29, 1.82) is 0 Å². The molecule has 0 bridgehead atoms. The molecule has 0 unspecified atom stereocenters. The summed E-state index contributed by atoms with van der Waals surface area (Å²) in [6.07, 6.45) is 5.31. The van der Waals surface area contributed by atoms with Crippen LogP contribution in [0.4, 0.5) is 0 Å². The zero-order valence-electron chi connectivity index (χ0n) is 15.7. The quantitative estimate of drug-likeness (QED) is 0.322. The molecule has 0 aliphatic carbocycles. The molecule has 0 fully saturated rings. The fourth-order valence-electron chi connectivity index (χ4n) is 2.97. The lowest BCUT2D eigenvalue weighted by Gasteiger charge is -2.07. The number of ketones is 1. The van der Waals surface area contributed by atoms with Crippen molar-refractivity contribution in [3.8, 4) is 11.1 Å². The van der Waals surface area contributed by atoms with Gasteiger partial charge in [0.2, 0.25) is 0 Å². The zero-order valence-corrected chi connectivity index (χ0v) is 15.7. The summed E-state index contributed by atoms with van der Waals surface area (Å²) in [5.41, 5.74) is 4.98. The van der Waals surface area contributed by atoms with Gasteiger partial charge in [-0.3, -0.25) is 4.79 Å². The summed E-state index contributed by atoms with van der Waals surface area (Å²) in [5.74, 6) is 0.0569. The highest BCUT2D eigenvalue weighted by atomic mass is 16.1. The number of allylic oxidation sites excluding steroid dienone is 1. The Balaban J connectivity index is 1.62. The number of carbonyl (C=O) groups is 1. The summed E-state index contributed by atoms with van der Waals surface area (Å²) in [4.78, 5) is 12.5. The van der Waals surface area contributed by atoms with Crippen LogP contribution in [-0.2, 0) is 6.54 Å². The molecule has 0 aliphatic rings. The van der Waals surface area contributed by atoms with Crippen LogP contribution in [0.15, 0.2) is 91.0 Å². The van der Waals surface area contributed by atoms with E-state index in [1.807, 2.05) is 61.5 Å². The van der Waals surface area contributed by atoms with E-state index in [4.69, 9.17) is 0 Å². The van der Waals surface area contributed by atoms with E-state index < -0.39 is 0 Å². The molecule has 27 heavy (non-hydrogen) atoms. The maximum atomic E-state index is 12.5. The minimum absolute atomic E-state index is 0.0569. The highest BCUT2D eigenvalue weighted by molar-refractivity contribution is 6.09. The van der Waals surface area contributed by atoms with Crippen LogP contribution in [0.2, 0.25) is 0 Å². The Kier molecular flexibility index (Phi) is 6.72. The van der Waals surface area contributed by atoms with E-state index in [9.17, 15) is 4.79 Å². The van der Waals surface area contributed by atoms with Crippen molar-refractivity contribution in [3.05, 3.63) is 108 Å². The smallest absolute Gasteiger partial charge is 0.193 e. The number of rotatable bonds is 8. The van der Waals surface area contributed by atoms with E-state index in [1.165, 1.54) is 5.56 Å². The molecule has 0 spiro atoms. The molecule has 0 saturated heterocycles. The summed E-state index contributed by atoms with van der Waals surface area (Å²) in [7, 11) is 0. The summed E-state index contributed by atoms with van der Waals surface area (Å²) in [6.45, 7) is 3.91. The average molecular weight is 355 g/mol. The van der Waals surface area contributed by atoms with Crippen molar-refractivity contribution in [3.63, 3.8) is 0 Å². The van der Waals surface area contributed by atoms with Crippen LogP contribution in [-0.4, -0.2) is 12.3 Å². The molecule has 0 saturated carbocycles. The van der Waals surface area contributed by atoms with Crippen LogP contribution in [0.1, 0.15) is 34.8 Å². The maximum absolute atomic E-state index is 12.5. The van der Waals surface area contributed by atoms with Gasteiger partial charge in [-0.2, -0.15) is 0 Å². The number of hydrogen-bond acceptors (Lipinski definition) is 2. The van der Waals surface area contributed by atoms with Crippen molar-refractivity contribution >= 4 is 5.78 Å². The first-order chi connectivity index (χ1) is 13.3. The summed E-state index contributed by atoms with van der Waals surface area (Å²) >= 11 is 0. The fraction of sp³-hybridized carbons (Fsp3) is 0.160. The first kappa shape index (κ1) is 18.8. The Morgan fingerprint density at radius 2 is 1.41 bits per heavy atom. The van der Waals surface area contributed by atoms with Crippen LogP contribution >= 0.6 is 0 Å². The first-order valence-corrected chi connectivity index (χ1v) is 9.39. The molecule has 0 aliphatic heterocycles. The zero-order chi connectivity index (χ0) is 18.9. The van der Waals surface area contributed by atoms with Gasteiger partial charge in [-0.25, -0.2) is 0 Å². The van der Waals surface area contributed by atoms with Crippen LogP contribution in [0.25, 0.3) is 11.1 Å². The van der Waals surface area contributed by atoms with Crippen LogP contribution in [0.3, 0.4) is 0 Å². The second kappa shape index (κ2) is 9.65. The van der Waals surface area contributed by atoms with Gasteiger partial charge in [0.25, 0.3) is 0 Å². The summed E-state index contributed by atoms with van der Waals surface area (Å²) < 4.78 is 0. The van der Waals surface area contributed by atoms with Gasteiger partial charge in [0.15, 0.2) is 5.78 Å². The molecule has 3 rings (SSSR count). The maximum Gasteiger partial charge on any atom is 0.193 e. The molecule has 0 atom stereocenters. The predicted molar refractivity (Wildman–Crippen MR) is 113 cm³/mol. The van der Waals surface area contributed by atoms with Crippen LogP contribution in [0.5, 0.6) is 0 Å². The van der Waals surface area contributed by atoms with Crippen molar-refractivity contribution in [2.24, 2.45) is 0 Å². The van der Waals surface area contributed by atoms with E-state index in [2.05, 4.69) is 41.7 Å². The summed E-state index contributed by atoms with van der Waals surface area (Å²) in [6, 6.07) is 25.8. The number of carbonyl (C=O) groups excluding carboxylic acids is 1. The minimum Gasteiger partial charge on any atom is -0.312 e. The van der Waals surface area contributed by atoms with Gasteiger partial charge < -0.3 is 5.32 Å². The molecule has 2 nitrogen and oxygen atoms in total. The first-order valence-electron chi connectivity index (χ1n) is 9.39. The molecular formula is C25H25NO. The van der Waals surface area contributed by atoms with Crippen molar-refractivity contribution in [2.45, 2.75) is 19.9 Å². The molecule has 2 heteroatoms. The molecule has 0 radical (unpaired) electrons. The monoisotopic (exact) mass is 355 g/mol. The lowest BCUT2D eigenvalue weighted by Crippen LogP contribution is -2.13. The van der Waals surface area contributed by atoms with E-state index in [1.54, 1.807) is 0 Å². The normalized spacial score (nSPS) is 11.0. The second-order valence-electron chi connectivity index (χ2n) is 6.50. The molecule has 3 aromatic carbocycles. The van der Waals surface area contributed by atoms with Gasteiger partial charge in [-0.05, 0) is 36.6 Å². The highest BCUT2D eigenvalue weighted by Gasteiger charge is 2.08. The lowest BCUT2D eigenvalue weighted by molar-refractivity contribution is 0.103. The van der Waals surface area contributed by atoms with Crippen molar-refractivity contribution in [1.82, 2.24) is 5.32 Å². The predicted octanol–water partition coefficient (Wildman–Crippen LogP) is 5.64. The third kappa shape index (κ3) is 5.25. The van der Waals surface area contributed by atoms with Gasteiger partial charge in [0, 0.05) is 17.7 Å². The molecule has 3 aromatic rings. The Labute approximate surface area is 161 Å². The summed E-state index contributed by atoms with van der Waals surface area (Å²) in [5, 5.41) is 3.44. The Morgan fingerprint density at radius 1 is 0.815 bits per heavy atom. The molecular weight excluding hydrogens is 330 g/mol. The van der Waals surface area contributed by atoms with Gasteiger partial charge in [-0.15, -0.1) is 0 Å². The van der Waals surface area contributed by atoms with E-state index in [0.717, 1.165) is 36.2 Å². The minimum atomic E-state index is 0.0569. The molecule has 0 aromatic heterocycles. The molecule has 1 N–H and O–H groups in total. The topological polar surface area (TPSA) is 29.1 Å². The standard InChI is InChI=1S/C25H25NO/c1-2-3-7-18-26-19-20-10-12-21(13-11-20)22-14-16-24(17-15-22)25(27)23-8-5-4-6-9-23/h2-6,8-17,26H,7,18-19H2,1H3. The molecule has 0 amide bonds. The van der Waals surface area contributed by atoms with E-state index in [-0.39, 0.29) is 5.78 Å². The Morgan fingerprint density at radius 3 is 2.04 bits per heavy atom. The lowest BCUT2D eigenvalue weighted by atomic mass is 9.99. The van der Waals surface area contributed by atoms with E-state index in [0.29, 0.717) is 5.56 Å². The van der Waals surface area contributed by atoms with Crippen LogP contribution in [0, 0.1) is 0 Å². The van der Waals surface area contributed by atoms with Crippen LogP contribution < -0.4 is 5.32 Å². The highest BCUT2D eigenvalue weighted by Crippen LogP contribution is 2.21. The number of benzene rings is 3. The third-order valence-corrected chi connectivity index (χ3v) is 4.52. The molecule has 0 heterocycles. The Hall–Kier alpha value is -2.97.